The molecule has 3 heterocycles. The van der Waals surface area contributed by atoms with Crippen molar-refractivity contribution in [2.24, 2.45) is 0 Å². The van der Waals surface area contributed by atoms with Crippen LogP contribution >= 0.6 is 11.3 Å². The molecule has 30 heavy (non-hydrogen) atoms. The normalized spacial score (nSPS) is 13.9. The van der Waals surface area contributed by atoms with Crippen LogP contribution in [0.5, 0.6) is 0 Å². The Kier molecular flexibility index (Phi) is 5.26. The minimum absolute atomic E-state index is 0.346. The number of aromatic nitrogens is 3. The fraction of sp³-hybridized carbons (Fsp3) is 0.222. The van der Waals surface area contributed by atoms with Crippen LogP contribution in [-0.4, -0.2) is 48.9 Å². The van der Waals surface area contributed by atoms with E-state index in [9.17, 15) is 13.2 Å². The first-order valence-corrected chi connectivity index (χ1v) is 11.6. The average Bonchev–Trinajstić information content (AvgIpc) is 3.26. The van der Waals surface area contributed by atoms with Gasteiger partial charge in [0.25, 0.3) is 0 Å². The Morgan fingerprint density at radius 2 is 2.00 bits per heavy atom. The first-order valence-electron chi connectivity index (χ1n) is 8.88. The van der Waals surface area contributed by atoms with Gasteiger partial charge in [-0.1, -0.05) is 17.4 Å². The van der Waals surface area contributed by atoms with E-state index in [4.69, 9.17) is 4.74 Å². The van der Waals surface area contributed by atoms with E-state index in [2.05, 4.69) is 25.0 Å². The molecule has 1 aliphatic rings. The van der Waals surface area contributed by atoms with Crippen molar-refractivity contribution in [2.45, 2.75) is 6.92 Å². The summed E-state index contributed by atoms with van der Waals surface area (Å²) in [6.45, 7) is 2.67. The largest absolute Gasteiger partial charge is 0.447 e. The van der Waals surface area contributed by atoms with Gasteiger partial charge in [-0.3, -0.25) is 4.72 Å². The number of nitrogens with one attached hydrogen (secondary N) is 2. The lowest BCUT2D eigenvalue weighted by Gasteiger charge is -2.09. The molecule has 12 heteroatoms. The summed E-state index contributed by atoms with van der Waals surface area (Å²) < 4.78 is 30.3. The molecule has 4 rings (SSSR count). The zero-order valence-corrected chi connectivity index (χ0v) is 17.7. The Labute approximate surface area is 177 Å². The van der Waals surface area contributed by atoms with Gasteiger partial charge in [0, 0.05) is 11.9 Å². The van der Waals surface area contributed by atoms with Crippen LogP contribution in [-0.2, 0) is 14.8 Å². The van der Waals surface area contributed by atoms with Gasteiger partial charge < -0.3 is 10.1 Å². The lowest BCUT2D eigenvalue weighted by Crippen LogP contribution is -2.22. The monoisotopic (exact) mass is 446 g/mol. The van der Waals surface area contributed by atoms with E-state index in [1.165, 1.54) is 16.2 Å². The number of cyclic esters (lactones) is 1. The maximum absolute atomic E-state index is 11.8. The third-order valence-electron chi connectivity index (χ3n) is 4.09. The molecule has 156 valence electrons. The smallest absolute Gasteiger partial charge is 0.416 e. The molecular formula is C18H18N6O4S2. The Morgan fingerprint density at radius 1 is 1.20 bits per heavy atom. The highest BCUT2D eigenvalue weighted by Crippen LogP contribution is 2.35. The number of benzene rings is 1. The van der Waals surface area contributed by atoms with Crippen molar-refractivity contribution in [3.8, 4) is 10.6 Å². The summed E-state index contributed by atoms with van der Waals surface area (Å²) in [5.74, 6) is 0.346. The Morgan fingerprint density at radius 3 is 2.73 bits per heavy atom. The Hall–Kier alpha value is -3.25. The number of aryl methyl sites for hydroxylation is 1. The molecule has 2 aromatic heterocycles. The molecule has 0 aliphatic carbocycles. The summed E-state index contributed by atoms with van der Waals surface area (Å²) in [4.78, 5) is 27.4. The predicted molar refractivity (Wildman–Crippen MR) is 115 cm³/mol. The average molecular weight is 447 g/mol. The van der Waals surface area contributed by atoms with Crippen molar-refractivity contribution in [1.82, 2.24) is 15.0 Å². The summed E-state index contributed by atoms with van der Waals surface area (Å²) in [7, 11) is -3.37. The van der Waals surface area contributed by atoms with Gasteiger partial charge in [0.2, 0.25) is 16.0 Å². The summed E-state index contributed by atoms with van der Waals surface area (Å²) in [6.07, 6.45) is 2.31. The zero-order valence-electron chi connectivity index (χ0n) is 16.1. The van der Waals surface area contributed by atoms with E-state index in [-0.39, 0.29) is 0 Å². The molecule has 1 aromatic carbocycles. The molecule has 2 N–H and O–H groups in total. The van der Waals surface area contributed by atoms with E-state index in [0.717, 1.165) is 16.8 Å². The van der Waals surface area contributed by atoms with Crippen LogP contribution in [0.3, 0.4) is 0 Å². The number of anilines is 4. The molecule has 1 saturated heterocycles. The molecule has 1 aliphatic heterocycles. The molecule has 0 unspecified atom stereocenters. The Bertz CT molecular complexity index is 1210. The second-order valence-electron chi connectivity index (χ2n) is 6.52. The van der Waals surface area contributed by atoms with E-state index in [1.54, 1.807) is 36.5 Å². The second-order valence-corrected chi connectivity index (χ2v) is 9.25. The van der Waals surface area contributed by atoms with Crippen LogP contribution < -0.4 is 14.9 Å². The SMILES string of the molecule is Cc1nc(N2CCOC2=O)sc1-c1ccnc(Nc2cccc(NS(C)(=O)=O)c2)n1. The van der Waals surface area contributed by atoms with Crippen molar-refractivity contribution in [2.75, 3.05) is 34.3 Å². The third kappa shape index (κ3) is 4.49. The highest BCUT2D eigenvalue weighted by atomic mass is 32.2. The summed E-state index contributed by atoms with van der Waals surface area (Å²) in [5.41, 5.74) is 2.46. The fourth-order valence-electron chi connectivity index (χ4n) is 2.85. The fourth-order valence-corrected chi connectivity index (χ4v) is 4.46. The number of ether oxygens (including phenoxy) is 1. The van der Waals surface area contributed by atoms with Gasteiger partial charge in [-0.05, 0) is 31.2 Å². The minimum atomic E-state index is -3.37. The first kappa shape index (κ1) is 20.0. The topological polar surface area (TPSA) is 126 Å². The van der Waals surface area contributed by atoms with Gasteiger partial charge in [0.05, 0.1) is 34.8 Å². The van der Waals surface area contributed by atoms with Crippen LogP contribution in [0.4, 0.5) is 27.2 Å². The molecule has 10 nitrogen and oxygen atoms in total. The number of hydrogen-bond donors (Lipinski definition) is 2. The van der Waals surface area contributed by atoms with Crippen molar-refractivity contribution in [1.29, 1.82) is 0 Å². The quantitative estimate of drug-likeness (QED) is 0.592. The van der Waals surface area contributed by atoms with Gasteiger partial charge in [-0.15, -0.1) is 0 Å². The van der Waals surface area contributed by atoms with E-state index >= 15 is 0 Å². The number of sulfonamides is 1. The first-order chi connectivity index (χ1) is 14.3. The molecule has 0 atom stereocenters. The lowest BCUT2D eigenvalue weighted by atomic mass is 10.3. The molecule has 1 amide bonds. The molecule has 0 radical (unpaired) electrons. The molecular weight excluding hydrogens is 428 g/mol. The van der Waals surface area contributed by atoms with E-state index < -0.39 is 16.1 Å². The molecule has 3 aromatic rings. The zero-order chi connectivity index (χ0) is 21.3. The summed E-state index contributed by atoms with van der Waals surface area (Å²) >= 11 is 1.36. The Balaban J connectivity index is 1.57. The van der Waals surface area contributed by atoms with Gasteiger partial charge >= 0.3 is 6.09 Å². The highest BCUT2D eigenvalue weighted by molar-refractivity contribution is 7.92. The van der Waals surface area contributed by atoms with Crippen LogP contribution in [0.15, 0.2) is 36.5 Å². The van der Waals surface area contributed by atoms with Crippen LogP contribution in [0.25, 0.3) is 10.6 Å². The van der Waals surface area contributed by atoms with Crippen molar-refractivity contribution >= 4 is 49.9 Å². The second kappa shape index (κ2) is 7.88. The minimum Gasteiger partial charge on any atom is -0.447 e. The number of rotatable bonds is 6. The third-order valence-corrected chi connectivity index (χ3v) is 5.90. The van der Waals surface area contributed by atoms with E-state index in [1.807, 2.05) is 6.92 Å². The van der Waals surface area contributed by atoms with Gasteiger partial charge in [-0.2, -0.15) is 0 Å². The highest BCUT2D eigenvalue weighted by Gasteiger charge is 2.27. The van der Waals surface area contributed by atoms with Gasteiger partial charge in [0.15, 0.2) is 5.13 Å². The van der Waals surface area contributed by atoms with Crippen molar-refractivity contribution < 1.29 is 17.9 Å². The van der Waals surface area contributed by atoms with Gasteiger partial charge in [0.1, 0.15) is 6.61 Å². The molecule has 0 bridgehead atoms. The standard InChI is InChI=1S/C18H18N6O4S2/c1-11-15(29-17(20-11)24-8-9-28-18(24)25)14-6-7-19-16(22-14)21-12-4-3-5-13(10-12)23-30(2,26)27/h3-7,10,23H,8-9H2,1-2H3,(H,19,21,22). The molecule has 1 fully saturated rings. The lowest BCUT2D eigenvalue weighted by molar-refractivity contribution is 0.181. The van der Waals surface area contributed by atoms with Crippen molar-refractivity contribution in [3.05, 3.63) is 42.2 Å². The van der Waals surface area contributed by atoms with Crippen LogP contribution in [0.1, 0.15) is 5.69 Å². The summed E-state index contributed by atoms with van der Waals surface area (Å²) in [5, 5.41) is 3.64. The maximum atomic E-state index is 11.8. The number of amides is 1. The number of thiazole rings is 1. The van der Waals surface area contributed by atoms with E-state index in [0.29, 0.717) is 41.3 Å². The van der Waals surface area contributed by atoms with Crippen molar-refractivity contribution in [3.63, 3.8) is 0 Å². The van der Waals surface area contributed by atoms with Crippen LogP contribution in [0.2, 0.25) is 0 Å². The van der Waals surface area contributed by atoms with Gasteiger partial charge in [-0.25, -0.2) is 33.1 Å². The predicted octanol–water partition coefficient (Wildman–Crippen LogP) is 2.98. The number of carbonyl (C=O) groups is 1. The number of hydrogen-bond acceptors (Lipinski definition) is 9. The number of carbonyl (C=O) groups excluding carboxylic acids is 1. The molecule has 0 saturated carbocycles. The van der Waals surface area contributed by atoms with Crippen LogP contribution in [0, 0.1) is 6.92 Å². The molecule has 0 spiro atoms. The summed E-state index contributed by atoms with van der Waals surface area (Å²) in [6, 6.07) is 8.55. The maximum Gasteiger partial charge on any atom is 0.416 e. The number of nitrogens with zero attached hydrogens (tertiary/aromatic N) is 4.